The molecule has 2 atom stereocenters. The molecule has 2 aromatic carbocycles. The van der Waals surface area contributed by atoms with Crippen molar-refractivity contribution in [2.24, 2.45) is 0 Å². The van der Waals surface area contributed by atoms with E-state index in [-0.39, 0.29) is 18.2 Å². The molecule has 0 aromatic heterocycles. The van der Waals surface area contributed by atoms with Crippen LogP contribution >= 0.6 is 0 Å². The highest BCUT2D eigenvalue weighted by Gasteiger charge is 2.31. The predicted molar refractivity (Wildman–Crippen MR) is 128 cm³/mol. The summed E-state index contributed by atoms with van der Waals surface area (Å²) in [5.74, 6) is -1.52. The van der Waals surface area contributed by atoms with Crippen LogP contribution in [-0.2, 0) is 26.2 Å². The van der Waals surface area contributed by atoms with Crippen molar-refractivity contribution in [3.05, 3.63) is 65.5 Å². The molecule has 0 aliphatic rings. The second kappa shape index (κ2) is 11.3. The fourth-order valence-electron chi connectivity index (χ4n) is 3.30. The summed E-state index contributed by atoms with van der Waals surface area (Å²) < 4.78 is 40.5. The monoisotopic (exact) mass is 477 g/mol. The van der Waals surface area contributed by atoms with Crippen LogP contribution in [0.2, 0.25) is 0 Å². The van der Waals surface area contributed by atoms with Crippen molar-refractivity contribution in [3.8, 4) is 0 Å². The summed E-state index contributed by atoms with van der Waals surface area (Å²) in [6, 6.07) is 11.8. The van der Waals surface area contributed by atoms with Gasteiger partial charge in [-0.3, -0.25) is 13.9 Å². The van der Waals surface area contributed by atoms with Crippen molar-refractivity contribution in [2.45, 2.75) is 52.7 Å². The van der Waals surface area contributed by atoms with Crippen LogP contribution in [-0.4, -0.2) is 50.0 Å². The molecule has 1 N–H and O–H groups in total. The normalized spacial score (nSPS) is 13.2. The number of carbonyl (C=O) groups is 2. The molecule has 0 saturated carbocycles. The van der Waals surface area contributed by atoms with Crippen molar-refractivity contribution in [1.82, 2.24) is 10.2 Å². The van der Waals surface area contributed by atoms with Gasteiger partial charge in [0.25, 0.3) is 0 Å². The molecule has 33 heavy (non-hydrogen) atoms. The van der Waals surface area contributed by atoms with Crippen LogP contribution in [0.15, 0.2) is 48.5 Å². The number of amides is 2. The molecular weight excluding hydrogens is 445 g/mol. The highest BCUT2D eigenvalue weighted by atomic mass is 32.2. The summed E-state index contributed by atoms with van der Waals surface area (Å²) >= 11 is 0. The lowest BCUT2D eigenvalue weighted by Crippen LogP contribution is -2.52. The van der Waals surface area contributed by atoms with Crippen molar-refractivity contribution in [1.29, 1.82) is 0 Å². The zero-order valence-corrected chi connectivity index (χ0v) is 20.5. The molecule has 2 unspecified atom stereocenters. The third kappa shape index (κ3) is 7.02. The number of hydrogen-bond acceptors (Lipinski definition) is 4. The molecule has 180 valence electrons. The highest BCUT2D eigenvalue weighted by Crippen LogP contribution is 2.23. The number of halogens is 1. The number of carbonyl (C=O) groups excluding carboxylic acids is 2. The van der Waals surface area contributed by atoms with Gasteiger partial charge in [0.05, 0.1) is 11.9 Å². The summed E-state index contributed by atoms with van der Waals surface area (Å²) in [4.78, 5) is 27.4. The van der Waals surface area contributed by atoms with Crippen LogP contribution in [0, 0.1) is 12.7 Å². The third-order valence-electron chi connectivity index (χ3n) is 5.53. The number of benzene rings is 2. The Hall–Kier alpha value is -2.94. The largest absolute Gasteiger partial charge is 0.352 e. The molecule has 2 amide bonds. The minimum atomic E-state index is -3.81. The SMILES string of the molecule is CCC(C)NC(=O)C(C)N(Cc1ccccc1F)C(=O)CN(c1ccccc1C)S(C)(=O)=O. The van der Waals surface area contributed by atoms with Gasteiger partial charge in [-0.05, 0) is 44.9 Å². The van der Waals surface area contributed by atoms with Gasteiger partial charge in [0, 0.05) is 18.2 Å². The Morgan fingerprint density at radius 1 is 1.06 bits per heavy atom. The number of nitrogens with zero attached hydrogens (tertiary/aromatic N) is 2. The molecule has 2 rings (SSSR count). The first-order valence-corrected chi connectivity index (χ1v) is 12.7. The minimum Gasteiger partial charge on any atom is -0.352 e. The number of hydrogen-bond donors (Lipinski definition) is 1. The van der Waals surface area contributed by atoms with Crippen LogP contribution in [0.25, 0.3) is 0 Å². The van der Waals surface area contributed by atoms with Crippen LogP contribution in [0.3, 0.4) is 0 Å². The fraction of sp³-hybridized carbons (Fsp3) is 0.417. The van der Waals surface area contributed by atoms with Crippen LogP contribution in [0.1, 0.15) is 38.3 Å². The number of rotatable bonds is 10. The van der Waals surface area contributed by atoms with Crippen LogP contribution < -0.4 is 9.62 Å². The number of aryl methyl sites for hydroxylation is 1. The maximum Gasteiger partial charge on any atom is 0.244 e. The Labute approximate surface area is 195 Å². The van der Waals surface area contributed by atoms with E-state index in [9.17, 15) is 22.4 Å². The molecule has 0 spiro atoms. The second-order valence-electron chi connectivity index (χ2n) is 8.16. The van der Waals surface area contributed by atoms with E-state index in [1.54, 1.807) is 44.2 Å². The van der Waals surface area contributed by atoms with Crippen molar-refractivity contribution >= 4 is 27.5 Å². The molecule has 9 heteroatoms. The Morgan fingerprint density at radius 3 is 2.24 bits per heavy atom. The van der Waals surface area contributed by atoms with Crippen LogP contribution in [0.4, 0.5) is 10.1 Å². The molecule has 2 aromatic rings. The topological polar surface area (TPSA) is 86.8 Å². The van der Waals surface area contributed by atoms with Crippen LogP contribution in [0.5, 0.6) is 0 Å². The van der Waals surface area contributed by atoms with E-state index < -0.39 is 40.2 Å². The molecule has 0 saturated heterocycles. The Balaban J connectivity index is 2.41. The van der Waals surface area contributed by atoms with Gasteiger partial charge in [-0.1, -0.05) is 43.3 Å². The third-order valence-corrected chi connectivity index (χ3v) is 6.66. The smallest absolute Gasteiger partial charge is 0.244 e. The number of sulfonamides is 1. The van der Waals surface area contributed by atoms with Gasteiger partial charge < -0.3 is 10.2 Å². The van der Waals surface area contributed by atoms with Gasteiger partial charge in [0.1, 0.15) is 18.4 Å². The van der Waals surface area contributed by atoms with E-state index in [4.69, 9.17) is 0 Å². The quantitative estimate of drug-likeness (QED) is 0.569. The average molecular weight is 478 g/mol. The van der Waals surface area contributed by atoms with E-state index in [1.165, 1.54) is 23.1 Å². The zero-order valence-electron chi connectivity index (χ0n) is 19.7. The Morgan fingerprint density at radius 2 is 1.67 bits per heavy atom. The van der Waals surface area contributed by atoms with E-state index in [1.807, 2.05) is 13.8 Å². The standard InChI is InChI=1S/C24H32FN3O4S/c1-6-18(3)26-24(30)19(4)27(15-20-12-8-9-13-21(20)25)23(29)16-28(33(5,31)32)22-14-10-7-11-17(22)2/h7-14,18-19H,6,15-16H2,1-5H3,(H,26,30). The lowest BCUT2D eigenvalue weighted by molar-refractivity contribution is -0.139. The maximum atomic E-state index is 14.4. The first-order valence-electron chi connectivity index (χ1n) is 10.8. The predicted octanol–water partition coefficient (Wildman–Crippen LogP) is 3.23. The second-order valence-corrected chi connectivity index (χ2v) is 10.1. The van der Waals surface area contributed by atoms with E-state index in [0.717, 1.165) is 10.6 Å². The summed E-state index contributed by atoms with van der Waals surface area (Å²) in [7, 11) is -3.81. The molecule has 0 bridgehead atoms. The van der Waals surface area contributed by atoms with E-state index in [2.05, 4.69) is 5.32 Å². The lowest BCUT2D eigenvalue weighted by atomic mass is 10.1. The lowest BCUT2D eigenvalue weighted by Gasteiger charge is -2.32. The van der Waals surface area contributed by atoms with Crippen molar-refractivity contribution in [3.63, 3.8) is 0 Å². The first-order chi connectivity index (χ1) is 15.5. The molecule has 0 aliphatic heterocycles. The van der Waals surface area contributed by atoms with Gasteiger partial charge >= 0.3 is 0 Å². The summed E-state index contributed by atoms with van der Waals surface area (Å²) in [6.07, 6.45) is 1.72. The molecule has 0 aliphatic carbocycles. The summed E-state index contributed by atoms with van der Waals surface area (Å²) in [5.41, 5.74) is 1.28. The van der Waals surface area contributed by atoms with Gasteiger partial charge in [0.2, 0.25) is 21.8 Å². The van der Waals surface area contributed by atoms with E-state index in [0.29, 0.717) is 17.7 Å². The van der Waals surface area contributed by atoms with Crippen molar-refractivity contribution < 1.29 is 22.4 Å². The van der Waals surface area contributed by atoms with Gasteiger partial charge in [-0.25, -0.2) is 12.8 Å². The number of para-hydroxylation sites is 1. The molecule has 7 nitrogen and oxygen atoms in total. The summed E-state index contributed by atoms with van der Waals surface area (Å²) in [6.45, 7) is 6.37. The van der Waals surface area contributed by atoms with Gasteiger partial charge in [-0.15, -0.1) is 0 Å². The first kappa shape index (κ1) is 26.3. The molecular formula is C24H32FN3O4S. The minimum absolute atomic E-state index is 0.107. The Kier molecular flexibility index (Phi) is 8.99. The fourth-order valence-corrected chi connectivity index (χ4v) is 4.20. The highest BCUT2D eigenvalue weighted by molar-refractivity contribution is 7.92. The molecule has 0 radical (unpaired) electrons. The summed E-state index contributed by atoms with van der Waals surface area (Å²) in [5, 5.41) is 2.83. The maximum absolute atomic E-state index is 14.4. The zero-order chi connectivity index (χ0) is 24.8. The average Bonchev–Trinajstić information content (AvgIpc) is 2.76. The molecule has 0 fully saturated rings. The van der Waals surface area contributed by atoms with Gasteiger partial charge in [0.15, 0.2) is 0 Å². The number of anilines is 1. The Bertz CT molecular complexity index is 1090. The van der Waals surface area contributed by atoms with E-state index >= 15 is 0 Å². The van der Waals surface area contributed by atoms with Crippen molar-refractivity contribution in [2.75, 3.05) is 17.1 Å². The number of nitrogens with one attached hydrogen (secondary N) is 1. The van der Waals surface area contributed by atoms with Gasteiger partial charge in [-0.2, -0.15) is 0 Å². The molecule has 0 heterocycles.